The van der Waals surface area contributed by atoms with E-state index in [0.29, 0.717) is 5.70 Å². The normalized spacial score (nSPS) is 13.2. The number of nitrogens with zero attached hydrogens (tertiary/aromatic N) is 2. The van der Waals surface area contributed by atoms with Gasteiger partial charge in [0.05, 0.1) is 13.2 Å². The SMILES string of the molecule is C=CN(/C=C(\C)NC(=O)C(COCc1ccccc1)NC(=O)C(C)(C)NC(=O)CC(C)(C)C)C(C(=O)N(C)C)c1ccc2ccccc2c1. The molecule has 2 atom stereocenters. The first kappa shape index (κ1) is 38.5. The van der Waals surface area contributed by atoms with E-state index in [4.69, 9.17) is 4.74 Å². The molecule has 0 fully saturated rings. The zero-order chi connectivity index (χ0) is 36.4. The maximum Gasteiger partial charge on any atom is 0.249 e. The van der Waals surface area contributed by atoms with E-state index >= 15 is 0 Å². The molecule has 0 radical (unpaired) electrons. The standard InChI is InChI=1S/C39H51N5O5/c1-10-44(34(36(47)43(8)9)31-21-20-29-18-14-15-19-30(29)22-31)24-27(2)40-35(46)32(26-49-25-28-16-12-11-13-17-28)41-37(48)39(6,7)42-33(45)23-38(3,4)5/h10-22,24,32,34H,1,23,25-26H2,2-9H3,(H,40,46)(H,41,48)(H,42,45)/b27-24+. The first-order chi connectivity index (χ1) is 23.0. The molecule has 0 heterocycles. The largest absolute Gasteiger partial charge is 0.374 e. The van der Waals surface area contributed by atoms with Gasteiger partial charge in [0.1, 0.15) is 17.6 Å². The molecule has 0 aliphatic carbocycles. The Morgan fingerprint density at radius 2 is 1.53 bits per heavy atom. The van der Waals surface area contributed by atoms with Gasteiger partial charge in [0, 0.05) is 32.4 Å². The quantitative estimate of drug-likeness (QED) is 0.199. The zero-order valence-corrected chi connectivity index (χ0v) is 30.0. The van der Waals surface area contributed by atoms with Gasteiger partial charge in [-0.25, -0.2) is 0 Å². The molecule has 4 amide bonds. The van der Waals surface area contributed by atoms with E-state index in [1.807, 2.05) is 93.6 Å². The smallest absolute Gasteiger partial charge is 0.249 e. The molecule has 0 aliphatic heterocycles. The van der Waals surface area contributed by atoms with Gasteiger partial charge >= 0.3 is 0 Å². The Morgan fingerprint density at radius 1 is 0.898 bits per heavy atom. The minimum absolute atomic E-state index is 0.129. The van der Waals surface area contributed by atoms with E-state index in [-0.39, 0.29) is 36.9 Å². The Labute approximate surface area is 290 Å². The number of hydrogen-bond donors (Lipinski definition) is 3. The molecule has 0 spiro atoms. The highest BCUT2D eigenvalue weighted by atomic mass is 16.5. The van der Waals surface area contributed by atoms with Crippen LogP contribution in [0, 0.1) is 5.41 Å². The van der Waals surface area contributed by atoms with Crippen LogP contribution < -0.4 is 16.0 Å². The van der Waals surface area contributed by atoms with Crippen molar-refractivity contribution in [3.05, 3.63) is 109 Å². The summed E-state index contributed by atoms with van der Waals surface area (Å²) < 4.78 is 5.88. The number of allylic oxidation sites excluding steroid dienone is 1. The van der Waals surface area contributed by atoms with Crippen LogP contribution in [-0.4, -0.2) is 65.7 Å². The average molecular weight is 670 g/mol. The number of amides is 4. The van der Waals surface area contributed by atoms with Crippen LogP contribution in [0.1, 0.15) is 65.1 Å². The van der Waals surface area contributed by atoms with Gasteiger partial charge in [0.2, 0.25) is 23.6 Å². The van der Waals surface area contributed by atoms with E-state index in [0.717, 1.165) is 21.9 Å². The summed E-state index contributed by atoms with van der Waals surface area (Å²) in [6.45, 7) is 14.7. The Kier molecular flexibility index (Phi) is 13.3. The third kappa shape index (κ3) is 11.6. The van der Waals surface area contributed by atoms with Crippen LogP contribution in [0.15, 0.2) is 97.5 Å². The maximum absolute atomic E-state index is 13.7. The fraction of sp³-hybridized carbons (Fsp3) is 0.385. The summed E-state index contributed by atoms with van der Waals surface area (Å²) in [6, 6.07) is 21.4. The number of hydrogen-bond acceptors (Lipinski definition) is 6. The van der Waals surface area contributed by atoms with E-state index in [1.54, 1.807) is 46.0 Å². The monoisotopic (exact) mass is 669 g/mol. The van der Waals surface area contributed by atoms with Crippen molar-refractivity contribution in [2.24, 2.45) is 5.41 Å². The third-order valence-corrected chi connectivity index (χ3v) is 7.66. The number of fused-ring (bicyclic) bond motifs is 1. The van der Waals surface area contributed by atoms with Crippen LogP contribution in [0.5, 0.6) is 0 Å². The number of carbonyl (C=O) groups is 4. The molecule has 10 nitrogen and oxygen atoms in total. The predicted octanol–water partition coefficient (Wildman–Crippen LogP) is 5.42. The lowest BCUT2D eigenvalue weighted by Crippen LogP contribution is -2.60. The molecule has 262 valence electrons. The summed E-state index contributed by atoms with van der Waals surface area (Å²) >= 11 is 0. The van der Waals surface area contributed by atoms with Gasteiger partial charge in [0.25, 0.3) is 0 Å². The van der Waals surface area contributed by atoms with Gasteiger partial charge in [0.15, 0.2) is 0 Å². The highest BCUT2D eigenvalue weighted by Crippen LogP contribution is 2.27. The number of ether oxygens (including phenoxy) is 1. The number of nitrogens with one attached hydrogen (secondary N) is 3. The summed E-state index contributed by atoms with van der Waals surface area (Å²) in [5, 5.41) is 10.4. The lowest BCUT2D eigenvalue weighted by atomic mass is 9.91. The van der Waals surface area contributed by atoms with Gasteiger partial charge < -0.3 is 30.5 Å². The second kappa shape index (κ2) is 16.9. The molecule has 3 rings (SSSR count). The minimum Gasteiger partial charge on any atom is -0.374 e. The van der Waals surface area contributed by atoms with E-state index in [1.165, 1.54) is 11.1 Å². The summed E-state index contributed by atoms with van der Waals surface area (Å²) in [7, 11) is 3.37. The molecule has 0 aromatic heterocycles. The second-order valence-electron chi connectivity index (χ2n) is 14.1. The number of carbonyl (C=O) groups excluding carboxylic acids is 4. The van der Waals surface area contributed by atoms with Crippen molar-refractivity contribution in [3.8, 4) is 0 Å². The Bertz CT molecular complexity index is 1660. The van der Waals surface area contributed by atoms with Crippen LogP contribution in [0.25, 0.3) is 10.8 Å². The Morgan fingerprint density at radius 3 is 2.14 bits per heavy atom. The van der Waals surface area contributed by atoms with Gasteiger partial charge in [-0.1, -0.05) is 94.1 Å². The molecule has 49 heavy (non-hydrogen) atoms. The van der Waals surface area contributed by atoms with Crippen LogP contribution in [0.4, 0.5) is 0 Å². The molecule has 0 saturated carbocycles. The van der Waals surface area contributed by atoms with Crippen molar-refractivity contribution in [2.75, 3.05) is 20.7 Å². The van der Waals surface area contributed by atoms with Crippen molar-refractivity contribution in [3.63, 3.8) is 0 Å². The molecule has 3 N–H and O–H groups in total. The highest BCUT2D eigenvalue weighted by molar-refractivity contribution is 5.95. The summed E-state index contributed by atoms with van der Waals surface area (Å²) in [6.07, 6.45) is 3.39. The van der Waals surface area contributed by atoms with Gasteiger partial charge in [-0.3, -0.25) is 19.2 Å². The minimum atomic E-state index is -1.30. The zero-order valence-electron chi connectivity index (χ0n) is 30.0. The molecular weight excluding hydrogens is 618 g/mol. The highest BCUT2D eigenvalue weighted by Gasteiger charge is 2.34. The topological polar surface area (TPSA) is 120 Å². The lowest BCUT2D eigenvalue weighted by molar-refractivity contribution is -0.136. The molecule has 10 heteroatoms. The average Bonchev–Trinajstić information content (AvgIpc) is 3.02. The summed E-state index contributed by atoms with van der Waals surface area (Å²) in [5.41, 5.74) is 0.499. The van der Waals surface area contributed by atoms with Crippen molar-refractivity contribution < 1.29 is 23.9 Å². The van der Waals surface area contributed by atoms with Crippen LogP contribution in [-0.2, 0) is 30.5 Å². The van der Waals surface area contributed by atoms with E-state index in [2.05, 4.69) is 22.5 Å². The summed E-state index contributed by atoms with van der Waals surface area (Å²) in [4.78, 5) is 56.5. The van der Waals surface area contributed by atoms with Crippen molar-refractivity contribution in [1.29, 1.82) is 0 Å². The van der Waals surface area contributed by atoms with Gasteiger partial charge in [-0.15, -0.1) is 0 Å². The lowest BCUT2D eigenvalue weighted by Gasteiger charge is -2.30. The molecule has 3 aromatic carbocycles. The van der Waals surface area contributed by atoms with Crippen LogP contribution in [0.3, 0.4) is 0 Å². The molecule has 0 aliphatic rings. The maximum atomic E-state index is 13.7. The molecule has 0 saturated heterocycles. The van der Waals surface area contributed by atoms with Crippen molar-refractivity contribution in [1.82, 2.24) is 25.8 Å². The van der Waals surface area contributed by atoms with Crippen molar-refractivity contribution >= 4 is 34.4 Å². The third-order valence-electron chi connectivity index (χ3n) is 7.66. The summed E-state index contributed by atoms with van der Waals surface area (Å²) in [5.74, 6) is -1.52. The number of rotatable bonds is 15. The van der Waals surface area contributed by atoms with Crippen molar-refractivity contribution in [2.45, 2.75) is 72.2 Å². The van der Waals surface area contributed by atoms with E-state index in [9.17, 15) is 19.2 Å². The second-order valence-corrected chi connectivity index (χ2v) is 14.1. The van der Waals surface area contributed by atoms with Crippen LogP contribution >= 0.6 is 0 Å². The molecule has 0 bridgehead atoms. The fourth-order valence-corrected chi connectivity index (χ4v) is 5.16. The van der Waals surface area contributed by atoms with Gasteiger partial charge in [-0.05, 0) is 60.4 Å². The fourth-order valence-electron chi connectivity index (χ4n) is 5.16. The first-order valence-electron chi connectivity index (χ1n) is 16.3. The first-order valence-corrected chi connectivity index (χ1v) is 16.3. The predicted molar refractivity (Wildman–Crippen MR) is 194 cm³/mol. The van der Waals surface area contributed by atoms with Crippen LogP contribution in [0.2, 0.25) is 0 Å². The number of benzene rings is 3. The van der Waals surface area contributed by atoms with E-state index < -0.39 is 29.4 Å². The molecule has 3 aromatic rings. The Hall–Kier alpha value is -4.96. The van der Waals surface area contributed by atoms with Gasteiger partial charge in [-0.2, -0.15) is 0 Å². The number of likely N-dealkylation sites (N-methyl/N-ethyl adjacent to an activating group) is 1. The molecular formula is C39H51N5O5. The molecule has 2 unspecified atom stereocenters. The Balaban J connectivity index is 1.84.